The molecule has 5 nitrogen and oxygen atoms in total. The van der Waals surface area contributed by atoms with Crippen molar-refractivity contribution in [3.8, 4) is 0 Å². The van der Waals surface area contributed by atoms with Crippen LogP contribution >= 0.6 is 39.7 Å². The van der Waals surface area contributed by atoms with E-state index in [2.05, 4.69) is 37.6 Å². The number of nitrogens with one attached hydrogen (secondary N) is 1. The molecule has 1 aliphatic heterocycles. The number of likely N-dealkylation sites (tertiary alicyclic amines) is 1. The van der Waals surface area contributed by atoms with Gasteiger partial charge in [0.25, 0.3) is 5.91 Å². The van der Waals surface area contributed by atoms with Gasteiger partial charge < -0.3 is 9.73 Å². The Kier molecular flexibility index (Phi) is 6.93. The van der Waals surface area contributed by atoms with E-state index < -0.39 is 0 Å². The van der Waals surface area contributed by atoms with Gasteiger partial charge in [0.2, 0.25) is 0 Å². The van der Waals surface area contributed by atoms with E-state index in [-0.39, 0.29) is 35.5 Å². The van der Waals surface area contributed by atoms with Crippen LogP contribution in [0, 0.1) is 0 Å². The lowest BCUT2D eigenvalue weighted by molar-refractivity contribution is 0.0911. The average molecular weight is 484 g/mol. The van der Waals surface area contributed by atoms with Gasteiger partial charge >= 0.3 is 0 Å². The van der Waals surface area contributed by atoms with E-state index in [1.807, 2.05) is 6.07 Å². The van der Waals surface area contributed by atoms with Crippen LogP contribution in [-0.2, 0) is 0 Å². The van der Waals surface area contributed by atoms with Crippen molar-refractivity contribution < 1.29 is 9.21 Å². The van der Waals surface area contributed by atoms with Gasteiger partial charge in [-0.1, -0.05) is 22.0 Å². The average Bonchev–Trinajstić information content (AvgIpc) is 3.35. The maximum Gasteiger partial charge on any atom is 0.287 e. The number of fused-ring (bicyclic) bond motifs is 1. The Morgan fingerprint density at radius 3 is 2.75 bits per heavy atom. The largest absolute Gasteiger partial charge is 0.451 e. The number of hydrogen-bond acceptors (Lipinski definition) is 5. The van der Waals surface area contributed by atoms with E-state index >= 15 is 0 Å². The van der Waals surface area contributed by atoms with E-state index in [1.54, 1.807) is 29.5 Å². The first-order valence-corrected chi connectivity index (χ1v) is 10.6. The van der Waals surface area contributed by atoms with Crippen LogP contribution in [0.25, 0.3) is 11.0 Å². The molecule has 8 heteroatoms. The van der Waals surface area contributed by atoms with Gasteiger partial charge in [0.15, 0.2) is 11.2 Å². The fourth-order valence-corrected chi connectivity index (χ4v) is 4.66. The monoisotopic (exact) mass is 482 g/mol. The molecule has 4 rings (SSSR count). The molecule has 2 aromatic heterocycles. The molecular weight excluding hydrogens is 464 g/mol. The molecule has 1 saturated heterocycles. The summed E-state index contributed by atoms with van der Waals surface area (Å²) in [5.41, 5.74) is 0.180. The first-order valence-electron chi connectivity index (χ1n) is 8.91. The molecule has 1 amide bonds. The minimum atomic E-state index is -0.366. The Bertz CT molecular complexity index is 1020. The molecule has 28 heavy (non-hydrogen) atoms. The van der Waals surface area contributed by atoms with Crippen molar-refractivity contribution in [1.29, 1.82) is 0 Å². The maximum absolute atomic E-state index is 12.6. The van der Waals surface area contributed by atoms with E-state index in [0.29, 0.717) is 17.5 Å². The molecule has 1 N–H and O–H groups in total. The summed E-state index contributed by atoms with van der Waals surface area (Å²) in [6.07, 6.45) is 2.37. The zero-order valence-corrected chi connectivity index (χ0v) is 18.2. The standard InChI is InChI=1S/C20H19BrN2O3S.ClH/c21-13-5-6-14-16(24)11-18(26-17(14)10-13)20(25)22-12-15(19-4-3-9-27-19)23-7-1-2-8-23;/h3-6,9-11,15H,1-2,7-8,12H2,(H,22,25);1H. The Labute approximate surface area is 181 Å². The van der Waals surface area contributed by atoms with Gasteiger partial charge in [0.05, 0.1) is 11.4 Å². The van der Waals surface area contributed by atoms with Gasteiger partial charge in [-0.2, -0.15) is 0 Å². The summed E-state index contributed by atoms with van der Waals surface area (Å²) in [7, 11) is 0. The van der Waals surface area contributed by atoms with Crippen LogP contribution in [-0.4, -0.2) is 30.4 Å². The van der Waals surface area contributed by atoms with Crippen molar-refractivity contribution in [2.75, 3.05) is 19.6 Å². The number of benzene rings is 1. The molecule has 1 aromatic carbocycles. The van der Waals surface area contributed by atoms with E-state index in [1.165, 1.54) is 23.8 Å². The smallest absolute Gasteiger partial charge is 0.287 e. The third-order valence-corrected chi connectivity index (χ3v) is 6.29. The van der Waals surface area contributed by atoms with Crippen molar-refractivity contribution >= 4 is 56.6 Å². The van der Waals surface area contributed by atoms with Crippen LogP contribution in [0.15, 0.2) is 55.5 Å². The van der Waals surface area contributed by atoms with Gasteiger partial charge in [0, 0.05) is 22.0 Å². The number of amides is 1. The topological polar surface area (TPSA) is 62.6 Å². The molecule has 1 aliphatic rings. The highest BCUT2D eigenvalue weighted by atomic mass is 79.9. The molecule has 0 aliphatic carbocycles. The number of thiophene rings is 1. The molecule has 0 radical (unpaired) electrons. The first kappa shape index (κ1) is 21.0. The second kappa shape index (κ2) is 9.22. The van der Waals surface area contributed by atoms with Gasteiger partial charge in [-0.05, 0) is 55.6 Å². The lowest BCUT2D eigenvalue weighted by atomic mass is 10.2. The van der Waals surface area contributed by atoms with Gasteiger partial charge in [0.1, 0.15) is 5.58 Å². The quantitative estimate of drug-likeness (QED) is 0.576. The highest BCUT2D eigenvalue weighted by molar-refractivity contribution is 9.10. The molecule has 0 saturated carbocycles. The summed E-state index contributed by atoms with van der Waals surface area (Å²) < 4.78 is 6.47. The van der Waals surface area contributed by atoms with Crippen molar-refractivity contribution in [3.05, 3.63) is 67.1 Å². The van der Waals surface area contributed by atoms with Crippen LogP contribution in [0.1, 0.15) is 34.3 Å². The highest BCUT2D eigenvalue weighted by Gasteiger charge is 2.25. The minimum Gasteiger partial charge on any atom is -0.451 e. The van der Waals surface area contributed by atoms with E-state index in [9.17, 15) is 9.59 Å². The van der Waals surface area contributed by atoms with E-state index in [0.717, 1.165) is 17.6 Å². The van der Waals surface area contributed by atoms with Gasteiger partial charge in [-0.3, -0.25) is 14.5 Å². The van der Waals surface area contributed by atoms with Crippen LogP contribution in [0.4, 0.5) is 0 Å². The summed E-state index contributed by atoms with van der Waals surface area (Å²) >= 11 is 5.06. The van der Waals surface area contributed by atoms with E-state index in [4.69, 9.17) is 4.42 Å². The van der Waals surface area contributed by atoms with Crippen LogP contribution in [0.2, 0.25) is 0 Å². The van der Waals surface area contributed by atoms with Gasteiger partial charge in [-0.15, -0.1) is 23.7 Å². The fraction of sp³-hybridized carbons (Fsp3) is 0.300. The fourth-order valence-electron chi connectivity index (χ4n) is 3.46. The Balaban J connectivity index is 0.00000225. The first-order chi connectivity index (χ1) is 13.1. The normalized spacial score (nSPS) is 15.3. The molecule has 1 fully saturated rings. The molecule has 1 unspecified atom stereocenters. The summed E-state index contributed by atoms with van der Waals surface area (Å²) in [6, 6.07) is 10.7. The predicted octanol–water partition coefficient (Wildman–Crippen LogP) is 4.61. The van der Waals surface area contributed by atoms with Crippen molar-refractivity contribution in [2.24, 2.45) is 0 Å². The summed E-state index contributed by atoms with van der Waals surface area (Å²) in [5, 5.41) is 5.47. The maximum atomic E-state index is 12.6. The molecule has 0 spiro atoms. The summed E-state index contributed by atoms with van der Waals surface area (Å²) in [5.74, 6) is -0.327. The number of hydrogen-bond donors (Lipinski definition) is 1. The number of carbonyl (C=O) groups excluding carboxylic acids is 1. The SMILES string of the molecule is Cl.O=C(NCC(c1cccs1)N1CCCC1)c1cc(=O)c2ccc(Br)cc2o1. The third-order valence-electron chi connectivity index (χ3n) is 4.82. The Morgan fingerprint density at radius 2 is 2.04 bits per heavy atom. The molecule has 0 bridgehead atoms. The summed E-state index contributed by atoms with van der Waals surface area (Å²) in [4.78, 5) is 28.6. The molecule has 1 atom stereocenters. The molecule has 148 valence electrons. The molecule has 3 aromatic rings. The second-order valence-corrected chi connectivity index (χ2v) is 8.49. The van der Waals surface area contributed by atoms with Crippen LogP contribution in [0.3, 0.4) is 0 Å². The van der Waals surface area contributed by atoms with Crippen molar-refractivity contribution in [2.45, 2.75) is 18.9 Å². The van der Waals surface area contributed by atoms with Crippen molar-refractivity contribution in [1.82, 2.24) is 10.2 Å². The Morgan fingerprint density at radius 1 is 1.25 bits per heavy atom. The number of rotatable bonds is 5. The van der Waals surface area contributed by atoms with Crippen molar-refractivity contribution in [3.63, 3.8) is 0 Å². The van der Waals surface area contributed by atoms with Crippen LogP contribution in [0.5, 0.6) is 0 Å². The van der Waals surface area contributed by atoms with Crippen LogP contribution < -0.4 is 10.7 Å². The predicted molar refractivity (Wildman–Crippen MR) is 118 cm³/mol. The molecule has 3 heterocycles. The minimum absolute atomic E-state index is 0. The Hall–Kier alpha value is -1.67. The number of nitrogens with zero attached hydrogens (tertiary/aromatic N) is 1. The molecular formula is C20H20BrClN2O3S. The summed E-state index contributed by atoms with van der Waals surface area (Å²) in [6.45, 7) is 2.56. The number of halogens is 2. The van der Waals surface area contributed by atoms with Gasteiger partial charge in [-0.25, -0.2) is 0 Å². The zero-order chi connectivity index (χ0) is 18.8. The lowest BCUT2D eigenvalue weighted by Gasteiger charge is -2.26. The second-order valence-electron chi connectivity index (χ2n) is 6.60. The lowest BCUT2D eigenvalue weighted by Crippen LogP contribution is -2.36. The number of carbonyl (C=O) groups is 1. The third kappa shape index (κ3) is 4.49. The zero-order valence-electron chi connectivity index (χ0n) is 15.0. The highest BCUT2D eigenvalue weighted by Crippen LogP contribution is 2.28.